The molecule has 1 saturated heterocycles. The molecule has 19 heavy (non-hydrogen) atoms. The average Bonchev–Trinajstić information content (AvgIpc) is 2.42. The minimum Gasteiger partial charge on any atom is -0.304 e. The molecule has 1 unspecified atom stereocenters. The lowest BCUT2D eigenvalue weighted by Crippen LogP contribution is -2.43. The van der Waals surface area contributed by atoms with Gasteiger partial charge < -0.3 is 9.69 Å². The van der Waals surface area contributed by atoms with Crippen LogP contribution in [0.15, 0.2) is 24.3 Å². The molecule has 1 heterocycles. The molecular weight excluding hydrogens is 236 g/mol. The first-order valence-electron chi connectivity index (χ1n) is 7.12. The topological polar surface area (TPSA) is 23.6 Å². The predicted octanol–water partition coefficient (Wildman–Crippen LogP) is 2.13. The number of piperazine rings is 1. The van der Waals surface area contributed by atoms with E-state index in [1.54, 1.807) is 0 Å². The number of benzene rings is 1. The molecule has 104 valence electrons. The molecule has 3 heteroatoms. The zero-order valence-electron chi connectivity index (χ0n) is 12.0. The number of hydrogen-bond donors (Lipinski definition) is 0. The summed E-state index contributed by atoms with van der Waals surface area (Å²) in [5.74, 6) is 0.329. The van der Waals surface area contributed by atoms with Crippen LogP contribution in [0.2, 0.25) is 0 Å². The quantitative estimate of drug-likeness (QED) is 0.758. The van der Waals surface area contributed by atoms with Gasteiger partial charge in [-0.3, -0.25) is 4.90 Å². The summed E-state index contributed by atoms with van der Waals surface area (Å²) < 4.78 is 0. The number of aldehydes is 1. The minimum absolute atomic E-state index is 0.329. The fourth-order valence-corrected chi connectivity index (χ4v) is 2.50. The Bertz CT molecular complexity index is 394. The lowest BCUT2D eigenvalue weighted by molar-refractivity contribution is -0.108. The van der Waals surface area contributed by atoms with E-state index < -0.39 is 0 Å². The van der Waals surface area contributed by atoms with Crippen LogP contribution in [0.3, 0.4) is 0 Å². The van der Waals surface area contributed by atoms with E-state index in [9.17, 15) is 4.79 Å². The molecule has 0 aliphatic carbocycles. The second-order valence-corrected chi connectivity index (χ2v) is 5.62. The fourth-order valence-electron chi connectivity index (χ4n) is 2.50. The number of carbonyl (C=O) groups is 1. The average molecular weight is 260 g/mol. The predicted molar refractivity (Wildman–Crippen MR) is 78.3 cm³/mol. The van der Waals surface area contributed by atoms with E-state index in [1.807, 2.05) is 0 Å². The van der Waals surface area contributed by atoms with Crippen LogP contribution >= 0.6 is 0 Å². The standard InChI is InChI=1S/C16H24N2O/c1-14(7-12-19)16-5-3-15(4-6-16)13-18-10-8-17(2)9-11-18/h3-6,12,14H,7-11,13H2,1-2H3. The van der Waals surface area contributed by atoms with Crippen LogP contribution < -0.4 is 0 Å². The maximum Gasteiger partial charge on any atom is 0.120 e. The van der Waals surface area contributed by atoms with Crippen LogP contribution in [0.5, 0.6) is 0 Å². The highest BCUT2D eigenvalue weighted by molar-refractivity contribution is 5.51. The number of carbonyl (C=O) groups excluding carboxylic acids is 1. The molecule has 1 aliphatic rings. The molecule has 1 atom stereocenters. The fraction of sp³-hybridized carbons (Fsp3) is 0.562. The molecule has 0 aromatic heterocycles. The third-order valence-electron chi connectivity index (χ3n) is 4.00. The molecule has 0 radical (unpaired) electrons. The van der Waals surface area contributed by atoms with Crippen LogP contribution in [0, 0.1) is 0 Å². The molecule has 1 aromatic rings. The summed E-state index contributed by atoms with van der Waals surface area (Å²) in [6.07, 6.45) is 1.61. The van der Waals surface area contributed by atoms with Gasteiger partial charge in [-0.1, -0.05) is 31.2 Å². The van der Waals surface area contributed by atoms with Crippen LogP contribution in [0.1, 0.15) is 30.4 Å². The Morgan fingerprint density at radius 3 is 2.37 bits per heavy atom. The normalized spacial score (nSPS) is 19.3. The molecule has 1 aliphatic heterocycles. The highest BCUT2D eigenvalue weighted by Gasteiger charge is 2.13. The highest BCUT2D eigenvalue weighted by Crippen LogP contribution is 2.19. The van der Waals surface area contributed by atoms with Gasteiger partial charge in [0.15, 0.2) is 0 Å². The summed E-state index contributed by atoms with van der Waals surface area (Å²) in [6, 6.07) is 8.74. The van der Waals surface area contributed by atoms with Gasteiger partial charge in [-0.25, -0.2) is 0 Å². The first kappa shape index (κ1) is 14.2. The second kappa shape index (κ2) is 6.83. The maximum atomic E-state index is 10.5. The van der Waals surface area contributed by atoms with Gasteiger partial charge >= 0.3 is 0 Å². The Kier molecular flexibility index (Phi) is 5.11. The molecule has 0 bridgehead atoms. The third kappa shape index (κ3) is 4.15. The van der Waals surface area contributed by atoms with Gasteiger partial charge in [0, 0.05) is 39.1 Å². The van der Waals surface area contributed by atoms with Crippen molar-refractivity contribution in [2.24, 2.45) is 0 Å². The largest absolute Gasteiger partial charge is 0.304 e. The van der Waals surface area contributed by atoms with Crippen molar-refractivity contribution in [1.82, 2.24) is 9.80 Å². The molecule has 1 aromatic carbocycles. The number of rotatable bonds is 5. The minimum atomic E-state index is 0.329. The van der Waals surface area contributed by atoms with Gasteiger partial charge in [-0.2, -0.15) is 0 Å². The summed E-state index contributed by atoms with van der Waals surface area (Å²) in [5, 5.41) is 0. The van der Waals surface area contributed by atoms with E-state index in [0.717, 1.165) is 39.0 Å². The Morgan fingerprint density at radius 2 is 1.79 bits per heavy atom. The van der Waals surface area contributed by atoms with E-state index in [1.165, 1.54) is 11.1 Å². The van der Waals surface area contributed by atoms with Crippen LogP contribution in [0.4, 0.5) is 0 Å². The second-order valence-electron chi connectivity index (χ2n) is 5.62. The Balaban J connectivity index is 1.89. The Morgan fingerprint density at radius 1 is 1.16 bits per heavy atom. The number of nitrogens with zero attached hydrogens (tertiary/aromatic N) is 2. The highest BCUT2D eigenvalue weighted by atomic mass is 16.1. The van der Waals surface area contributed by atoms with Gasteiger partial charge in [-0.15, -0.1) is 0 Å². The van der Waals surface area contributed by atoms with E-state index in [4.69, 9.17) is 0 Å². The Hall–Kier alpha value is -1.19. The molecule has 0 spiro atoms. The van der Waals surface area contributed by atoms with Crippen LogP contribution in [-0.4, -0.2) is 49.3 Å². The SMILES string of the molecule is CC(CC=O)c1ccc(CN2CCN(C)CC2)cc1. The number of hydrogen-bond acceptors (Lipinski definition) is 3. The summed E-state index contributed by atoms with van der Waals surface area (Å²) >= 11 is 0. The van der Waals surface area contributed by atoms with Crippen molar-refractivity contribution in [3.63, 3.8) is 0 Å². The van der Waals surface area contributed by atoms with Crippen molar-refractivity contribution in [3.8, 4) is 0 Å². The van der Waals surface area contributed by atoms with E-state index in [2.05, 4.69) is 48.0 Å². The summed E-state index contributed by atoms with van der Waals surface area (Å²) in [7, 11) is 2.18. The van der Waals surface area contributed by atoms with Gasteiger partial charge in [0.1, 0.15) is 6.29 Å². The van der Waals surface area contributed by atoms with Gasteiger partial charge in [0.25, 0.3) is 0 Å². The van der Waals surface area contributed by atoms with Crippen molar-refractivity contribution in [2.75, 3.05) is 33.2 Å². The van der Waals surface area contributed by atoms with Gasteiger partial charge in [0.2, 0.25) is 0 Å². The van der Waals surface area contributed by atoms with Crippen molar-refractivity contribution in [2.45, 2.75) is 25.8 Å². The molecule has 0 amide bonds. The zero-order chi connectivity index (χ0) is 13.7. The summed E-state index contributed by atoms with van der Waals surface area (Å²) in [5.41, 5.74) is 2.63. The molecule has 1 fully saturated rings. The van der Waals surface area contributed by atoms with E-state index >= 15 is 0 Å². The summed E-state index contributed by atoms with van der Waals surface area (Å²) in [6.45, 7) is 7.77. The van der Waals surface area contributed by atoms with Crippen LogP contribution in [0.25, 0.3) is 0 Å². The molecule has 0 saturated carbocycles. The van der Waals surface area contributed by atoms with Gasteiger partial charge in [0.05, 0.1) is 0 Å². The molecule has 0 N–H and O–H groups in total. The zero-order valence-corrected chi connectivity index (χ0v) is 12.0. The monoisotopic (exact) mass is 260 g/mol. The van der Waals surface area contributed by atoms with Gasteiger partial charge in [-0.05, 0) is 24.1 Å². The molecular formula is C16H24N2O. The first-order chi connectivity index (χ1) is 9.19. The summed E-state index contributed by atoms with van der Waals surface area (Å²) in [4.78, 5) is 15.4. The maximum absolute atomic E-state index is 10.5. The lowest BCUT2D eigenvalue weighted by atomic mass is 9.97. The van der Waals surface area contributed by atoms with Crippen molar-refractivity contribution >= 4 is 6.29 Å². The first-order valence-corrected chi connectivity index (χ1v) is 7.12. The lowest BCUT2D eigenvalue weighted by Gasteiger charge is -2.32. The van der Waals surface area contributed by atoms with Crippen molar-refractivity contribution < 1.29 is 4.79 Å². The third-order valence-corrected chi connectivity index (χ3v) is 4.00. The number of likely N-dealkylation sites (N-methyl/N-ethyl adjacent to an activating group) is 1. The van der Waals surface area contributed by atoms with E-state index in [0.29, 0.717) is 12.3 Å². The molecule has 3 nitrogen and oxygen atoms in total. The van der Waals surface area contributed by atoms with Crippen molar-refractivity contribution in [3.05, 3.63) is 35.4 Å². The van der Waals surface area contributed by atoms with Crippen LogP contribution in [-0.2, 0) is 11.3 Å². The Labute approximate surface area is 116 Å². The smallest absolute Gasteiger partial charge is 0.120 e. The van der Waals surface area contributed by atoms with E-state index in [-0.39, 0.29) is 0 Å². The molecule has 2 rings (SSSR count). The van der Waals surface area contributed by atoms with Crippen molar-refractivity contribution in [1.29, 1.82) is 0 Å².